The maximum Gasteiger partial charge on any atom is 0.234 e. The van der Waals surface area contributed by atoms with Gasteiger partial charge in [0.15, 0.2) is 0 Å². The van der Waals surface area contributed by atoms with E-state index in [1.165, 1.54) is 0 Å². The summed E-state index contributed by atoms with van der Waals surface area (Å²) in [5.41, 5.74) is 5.38. The van der Waals surface area contributed by atoms with Gasteiger partial charge in [-0.15, -0.1) is 0 Å². The van der Waals surface area contributed by atoms with Crippen molar-refractivity contribution in [3.05, 3.63) is 0 Å². The fraction of sp³-hybridized carbons (Fsp3) is 0.857. The third-order valence-electron chi connectivity index (χ3n) is 3.15. The Bertz CT molecular complexity index is 346. The van der Waals surface area contributed by atoms with E-state index >= 15 is 0 Å². The average Bonchev–Trinajstić information content (AvgIpc) is 2.60. The van der Waals surface area contributed by atoms with Crippen molar-refractivity contribution in [3.63, 3.8) is 0 Å². The number of nitrogens with one attached hydrogen (secondary N) is 3. The lowest BCUT2D eigenvalue weighted by atomic mass is 10.3. The van der Waals surface area contributed by atoms with Crippen molar-refractivity contribution in [3.8, 4) is 0 Å². The summed E-state index contributed by atoms with van der Waals surface area (Å²) in [4.78, 5) is 25.3. The molecule has 0 aliphatic rings. The third-order valence-corrected chi connectivity index (χ3v) is 3.15. The van der Waals surface area contributed by atoms with E-state index in [0.29, 0.717) is 26.2 Å². The number of rotatable bonds is 15. The first-order valence-corrected chi connectivity index (χ1v) is 8.17. The molecule has 2 amide bonds. The molecule has 0 saturated carbocycles. The lowest BCUT2D eigenvalue weighted by Gasteiger charge is -2.22. The van der Waals surface area contributed by atoms with Crippen molar-refractivity contribution < 1.29 is 30.0 Å². The van der Waals surface area contributed by atoms with E-state index in [9.17, 15) is 19.8 Å². The number of carbonyl (C=O) groups excluding carboxylic acids is 2. The Labute approximate surface area is 147 Å². The van der Waals surface area contributed by atoms with Gasteiger partial charge in [0.25, 0.3) is 0 Å². The van der Waals surface area contributed by atoms with Crippen LogP contribution in [0.2, 0.25) is 0 Å². The molecule has 0 heterocycles. The third kappa shape index (κ3) is 13.6. The number of nitrogens with zero attached hydrogens (tertiary/aromatic N) is 1. The zero-order chi connectivity index (χ0) is 19.1. The number of hydrogen-bond donors (Lipinski definition) is 8. The second kappa shape index (κ2) is 15.0. The predicted octanol–water partition coefficient (Wildman–Crippen LogP) is -5.22. The van der Waals surface area contributed by atoms with Crippen LogP contribution in [0.4, 0.5) is 0 Å². The summed E-state index contributed by atoms with van der Waals surface area (Å²) >= 11 is 0. The van der Waals surface area contributed by atoms with E-state index in [-0.39, 0.29) is 26.2 Å². The van der Waals surface area contributed by atoms with Crippen LogP contribution in [0.5, 0.6) is 0 Å². The Morgan fingerprint density at radius 1 is 0.920 bits per heavy atom. The van der Waals surface area contributed by atoms with Crippen LogP contribution in [0.15, 0.2) is 0 Å². The topological polar surface area (TPSA) is 180 Å². The van der Waals surface area contributed by atoms with Crippen LogP contribution in [0.1, 0.15) is 0 Å². The van der Waals surface area contributed by atoms with Gasteiger partial charge in [0.1, 0.15) is 0 Å². The SMILES string of the molecule is NCCNCCN(CC(=O)NCC(O)CO)CC(=O)NCC(O)CO. The Kier molecular flexibility index (Phi) is 14.2. The smallest absolute Gasteiger partial charge is 0.234 e. The summed E-state index contributed by atoms with van der Waals surface area (Å²) in [6.07, 6.45) is -2.07. The molecule has 25 heavy (non-hydrogen) atoms. The molecule has 0 bridgehead atoms. The molecule has 2 atom stereocenters. The Hall–Kier alpha value is -1.34. The lowest BCUT2D eigenvalue weighted by molar-refractivity contribution is -0.125. The average molecular weight is 365 g/mol. The van der Waals surface area contributed by atoms with E-state index in [0.717, 1.165) is 0 Å². The minimum absolute atomic E-state index is 0.0710. The Morgan fingerprint density at radius 2 is 1.40 bits per heavy atom. The predicted molar refractivity (Wildman–Crippen MR) is 90.6 cm³/mol. The van der Waals surface area contributed by atoms with Crippen molar-refractivity contribution in [2.75, 3.05) is 65.6 Å². The standard InChI is InChI=1S/C14H31N5O6/c15-1-2-16-3-4-19(7-13(24)17-5-11(22)9-20)8-14(25)18-6-12(23)10-21/h11-12,16,20-23H,1-10,15H2,(H,17,24)(H,18,25). The fourth-order valence-electron chi connectivity index (χ4n) is 1.79. The Morgan fingerprint density at radius 3 is 1.80 bits per heavy atom. The molecule has 0 aliphatic carbocycles. The van der Waals surface area contributed by atoms with Crippen LogP contribution < -0.4 is 21.7 Å². The van der Waals surface area contributed by atoms with Gasteiger partial charge < -0.3 is 42.1 Å². The summed E-state index contributed by atoms with van der Waals surface area (Å²) < 4.78 is 0. The highest BCUT2D eigenvalue weighted by Gasteiger charge is 2.15. The van der Waals surface area contributed by atoms with Gasteiger partial charge in [0.2, 0.25) is 11.8 Å². The molecule has 0 spiro atoms. The number of hydrogen-bond acceptors (Lipinski definition) is 9. The van der Waals surface area contributed by atoms with E-state index < -0.39 is 37.2 Å². The molecular formula is C14H31N5O6. The highest BCUT2D eigenvalue weighted by atomic mass is 16.3. The van der Waals surface area contributed by atoms with Crippen LogP contribution in [0, 0.1) is 0 Å². The minimum Gasteiger partial charge on any atom is -0.394 e. The van der Waals surface area contributed by atoms with Crippen molar-refractivity contribution >= 4 is 11.8 Å². The molecule has 0 aromatic heterocycles. The molecule has 148 valence electrons. The molecule has 9 N–H and O–H groups in total. The second-order valence-electron chi connectivity index (χ2n) is 5.53. The van der Waals surface area contributed by atoms with E-state index in [4.69, 9.17) is 15.9 Å². The summed E-state index contributed by atoms with van der Waals surface area (Å²) in [7, 11) is 0. The van der Waals surface area contributed by atoms with Gasteiger partial charge in [-0.05, 0) is 0 Å². The minimum atomic E-state index is -1.04. The molecular weight excluding hydrogens is 334 g/mol. The summed E-state index contributed by atoms with van der Waals surface area (Å²) in [5.74, 6) is -0.788. The number of carbonyl (C=O) groups is 2. The summed E-state index contributed by atoms with van der Waals surface area (Å²) in [5, 5.41) is 43.9. The molecule has 0 rings (SSSR count). The van der Waals surface area contributed by atoms with Crippen LogP contribution in [0.25, 0.3) is 0 Å². The molecule has 0 aromatic carbocycles. The number of aliphatic hydroxyl groups excluding tert-OH is 4. The number of amides is 2. The molecule has 2 unspecified atom stereocenters. The largest absolute Gasteiger partial charge is 0.394 e. The van der Waals surface area contributed by atoms with Gasteiger partial charge in [0.05, 0.1) is 38.5 Å². The van der Waals surface area contributed by atoms with Gasteiger partial charge in [-0.25, -0.2) is 0 Å². The molecule has 0 fully saturated rings. The Balaban J connectivity index is 4.37. The second-order valence-corrected chi connectivity index (χ2v) is 5.53. The van der Waals surface area contributed by atoms with Gasteiger partial charge in [-0.3, -0.25) is 14.5 Å². The highest BCUT2D eigenvalue weighted by molar-refractivity contribution is 5.81. The van der Waals surface area contributed by atoms with E-state index in [1.807, 2.05) is 0 Å². The summed E-state index contributed by atoms with van der Waals surface area (Å²) in [6, 6.07) is 0. The first-order valence-electron chi connectivity index (χ1n) is 8.17. The van der Waals surface area contributed by atoms with Crippen LogP contribution in [-0.2, 0) is 9.59 Å². The molecule has 11 nitrogen and oxygen atoms in total. The van der Waals surface area contributed by atoms with Gasteiger partial charge >= 0.3 is 0 Å². The molecule has 11 heteroatoms. The van der Waals surface area contributed by atoms with Crippen molar-refractivity contribution in [1.29, 1.82) is 0 Å². The zero-order valence-electron chi connectivity index (χ0n) is 14.4. The molecule has 0 saturated heterocycles. The van der Waals surface area contributed by atoms with Crippen molar-refractivity contribution in [2.45, 2.75) is 12.2 Å². The zero-order valence-corrected chi connectivity index (χ0v) is 14.4. The number of nitrogens with two attached hydrogens (primary N) is 1. The van der Waals surface area contributed by atoms with Crippen molar-refractivity contribution in [2.24, 2.45) is 5.73 Å². The van der Waals surface area contributed by atoms with Gasteiger partial charge in [-0.1, -0.05) is 0 Å². The van der Waals surface area contributed by atoms with Crippen molar-refractivity contribution in [1.82, 2.24) is 20.9 Å². The molecule has 0 aliphatic heterocycles. The normalized spacial score (nSPS) is 13.5. The maximum atomic E-state index is 11.9. The quantitative estimate of drug-likeness (QED) is 0.132. The van der Waals surface area contributed by atoms with E-state index in [2.05, 4.69) is 16.0 Å². The molecule has 0 aromatic rings. The highest BCUT2D eigenvalue weighted by Crippen LogP contribution is 1.89. The van der Waals surface area contributed by atoms with Gasteiger partial charge in [0, 0.05) is 39.3 Å². The van der Waals surface area contributed by atoms with Crippen LogP contribution >= 0.6 is 0 Å². The van der Waals surface area contributed by atoms with Crippen LogP contribution in [-0.4, -0.2) is 115 Å². The lowest BCUT2D eigenvalue weighted by Crippen LogP contribution is -2.47. The maximum absolute atomic E-state index is 11.9. The summed E-state index contributed by atoms with van der Waals surface area (Å²) in [6.45, 7) is 0.800. The fourth-order valence-corrected chi connectivity index (χ4v) is 1.79. The van der Waals surface area contributed by atoms with E-state index in [1.54, 1.807) is 4.90 Å². The first kappa shape index (κ1) is 23.7. The molecule has 0 radical (unpaired) electrons. The first-order chi connectivity index (χ1) is 11.9. The van der Waals surface area contributed by atoms with Crippen LogP contribution in [0.3, 0.4) is 0 Å². The monoisotopic (exact) mass is 365 g/mol. The number of aliphatic hydroxyl groups is 4. The van der Waals surface area contributed by atoms with Gasteiger partial charge in [-0.2, -0.15) is 0 Å².